The van der Waals surface area contributed by atoms with Gasteiger partial charge < -0.3 is 5.73 Å². The summed E-state index contributed by atoms with van der Waals surface area (Å²) in [6.07, 6.45) is 1.79. The van der Waals surface area contributed by atoms with Gasteiger partial charge in [-0.15, -0.1) is 0 Å². The molecule has 0 aliphatic heterocycles. The lowest BCUT2D eigenvalue weighted by Gasteiger charge is -2.04. The van der Waals surface area contributed by atoms with Crippen molar-refractivity contribution in [3.05, 3.63) is 36.3 Å². The maximum atomic E-state index is 5.76. The molecule has 0 unspecified atom stereocenters. The second-order valence-corrected chi connectivity index (χ2v) is 5.84. The number of pyridine rings is 1. The fourth-order valence-corrected chi connectivity index (χ4v) is 3.37. The smallest absolute Gasteiger partial charge is 0.174 e. The topological polar surface area (TPSA) is 64.7 Å². The number of nitrogens with zero attached hydrogens (tertiary/aromatic N) is 3. The van der Waals surface area contributed by atoms with E-state index in [-0.39, 0.29) is 0 Å². The molecule has 0 fully saturated rings. The molecule has 90 valence electrons. The van der Waals surface area contributed by atoms with Crippen LogP contribution in [-0.2, 0) is 0 Å². The van der Waals surface area contributed by atoms with Crippen molar-refractivity contribution in [3.63, 3.8) is 0 Å². The Morgan fingerprint density at radius 1 is 1.28 bits per heavy atom. The minimum atomic E-state index is 0.726. The SMILES string of the molecule is Cc1nsc(Sc2ccnc3cc(N)ccc23)n1. The van der Waals surface area contributed by atoms with E-state index in [1.54, 1.807) is 18.0 Å². The summed E-state index contributed by atoms with van der Waals surface area (Å²) in [7, 11) is 0. The van der Waals surface area contributed by atoms with Crippen molar-refractivity contribution in [2.45, 2.75) is 16.2 Å². The molecule has 1 aromatic carbocycles. The maximum absolute atomic E-state index is 5.76. The van der Waals surface area contributed by atoms with Crippen molar-refractivity contribution in [2.24, 2.45) is 0 Å². The van der Waals surface area contributed by atoms with E-state index in [0.29, 0.717) is 0 Å². The van der Waals surface area contributed by atoms with Gasteiger partial charge in [-0.1, -0.05) is 11.8 Å². The predicted octanol–water partition coefficient (Wildman–Crippen LogP) is 3.13. The highest BCUT2D eigenvalue weighted by molar-refractivity contribution is 8.01. The Morgan fingerprint density at radius 2 is 2.17 bits per heavy atom. The third-order valence-corrected chi connectivity index (χ3v) is 4.35. The van der Waals surface area contributed by atoms with E-state index >= 15 is 0 Å². The number of hydrogen-bond acceptors (Lipinski definition) is 6. The van der Waals surface area contributed by atoms with Crippen molar-refractivity contribution in [1.82, 2.24) is 14.3 Å². The summed E-state index contributed by atoms with van der Waals surface area (Å²) in [6.45, 7) is 1.89. The van der Waals surface area contributed by atoms with Gasteiger partial charge in [0.2, 0.25) is 0 Å². The molecule has 3 rings (SSSR count). The van der Waals surface area contributed by atoms with E-state index in [9.17, 15) is 0 Å². The Balaban J connectivity index is 2.06. The number of rotatable bonds is 2. The minimum Gasteiger partial charge on any atom is -0.399 e. The normalized spacial score (nSPS) is 10.9. The zero-order valence-electron chi connectivity index (χ0n) is 9.62. The van der Waals surface area contributed by atoms with E-state index in [0.717, 1.165) is 31.6 Å². The number of nitrogens with two attached hydrogens (primary N) is 1. The fourth-order valence-electron chi connectivity index (χ4n) is 1.64. The summed E-state index contributed by atoms with van der Waals surface area (Å²) in [5, 5.41) is 1.09. The van der Waals surface area contributed by atoms with Gasteiger partial charge in [0.05, 0.1) is 5.52 Å². The van der Waals surface area contributed by atoms with E-state index in [1.807, 2.05) is 31.2 Å². The quantitative estimate of drug-likeness (QED) is 0.727. The summed E-state index contributed by atoms with van der Waals surface area (Å²) < 4.78 is 5.12. The summed E-state index contributed by atoms with van der Waals surface area (Å²) in [6, 6.07) is 7.75. The van der Waals surface area contributed by atoms with Crippen molar-refractivity contribution in [1.29, 1.82) is 0 Å². The zero-order chi connectivity index (χ0) is 12.5. The van der Waals surface area contributed by atoms with Crippen LogP contribution in [0.15, 0.2) is 39.7 Å². The summed E-state index contributed by atoms with van der Waals surface area (Å²) >= 11 is 3.02. The molecule has 4 nitrogen and oxygen atoms in total. The Kier molecular flexibility index (Phi) is 2.89. The van der Waals surface area contributed by atoms with E-state index < -0.39 is 0 Å². The van der Waals surface area contributed by atoms with E-state index in [1.165, 1.54) is 11.5 Å². The highest BCUT2D eigenvalue weighted by atomic mass is 32.2. The van der Waals surface area contributed by atoms with Crippen LogP contribution in [-0.4, -0.2) is 14.3 Å². The first-order valence-corrected chi connectivity index (χ1v) is 6.94. The van der Waals surface area contributed by atoms with Crippen LogP contribution in [0.1, 0.15) is 5.82 Å². The third kappa shape index (κ3) is 2.16. The first-order valence-electron chi connectivity index (χ1n) is 5.35. The molecule has 0 amide bonds. The van der Waals surface area contributed by atoms with Crippen LogP contribution in [0.2, 0.25) is 0 Å². The molecule has 0 aliphatic rings. The molecule has 0 radical (unpaired) electrons. The van der Waals surface area contributed by atoms with Gasteiger partial charge in [0.25, 0.3) is 0 Å². The third-order valence-electron chi connectivity index (χ3n) is 2.43. The van der Waals surface area contributed by atoms with Gasteiger partial charge in [-0.2, -0.15) is 4.37 Å². The number of nitrogen functional groups attached to an aromatic ring is 1. The highest BCUT2D eigenvalue weighted by Crippen LogP contribution is 2.33. The van der Waals surface area contributed by atoms with Gasteiger partial charge in [-0.3, -0.25) is 4.98 Å². The standard InChI is InChI=1S/C12H10N4S2/c1-7-15-12(18-16-7)17-11-4-5-14-10-6-8(13)2-3-9(10)11/h2-6H,13H2,1H3. The molecule has 0 bridgehead atoms. The van der Waals surface area contributed by atoms with Crippen molar-refractivity contribution >= 4 is 39.9 Å². The van der Waals surface area contributed by atoms with Crippen LogP contribution >= 0.6 is 23.3 Å². The molecular weight excluding hydrogens is 264 g/mol. The molecule has 0 aliphatic carbocycles. The Morgan fingerprint density at radius 3 is 2.94 bits per heavy atom. The van der Waals surface area contributed by atoms with Gasteiger partial charge >= 0.3 is 0 Å². The Hall–Kier alpha value is -1.66. The molecule has 2 aromatic heterocycles. The first kappa shape index (κ1) is 11.4. The molecule has 0 atom stereocenters. The zero-order valence-corrected chi connectivity index (χ0v) is 11.3. The lowest BCUT2D eigenvalue weighted by atomic mass is 10.2. The van der Waals surface area contributed by atoms with Crippen LogP contribution in [0.3, 0.4) is 0 Å². The molecule has 2 N–H and O–H groups in total. The van der Waals surface area contributed by atoms with E-state index in [4.69, 9.17) is 5.73 Å². The lowest BCUT2D eigenvalue weighted by Crippen LogP contribution is -1.87. The Bertz CT molecular complexity index is 708. The molecule has 0 saturated heterocycles. The number of aryl methyl sites for hydroxylation is 1. The van der Waals surface area contributed by atoms with Crippen LogP contribution in [0.4, 0.5) is 5.69 Å². The molecule has 18 heavy (non-hydrogen) atoms. The van der Waals surface area contributed by atoms with E-state index in [2.05, 4.69) is 14.3 Å². The maximum Gasteiger partial charge on any atom is 0.174 e. The van der Waals surface area contributed by atoms with Crippen LogP contribution in [0, 0.1) is 6.92 Å². The first-order chi connectivity index (χ1) is 8.72. The second kappa shape index (κ2) is 4.55. The largest absolute Gasteiger partial charge is 0.399 e. The van der Waals surface area contributed by atoms with Gasteiger partial charge in [0.15, 0.2) is 4.34 Å². The molecule has 0 spiro atoms. The van der Waals surface area contributed by atoms with Crippen LogP contribution < -0.4 is 5.73 Å². The van der Waals surface area contributed by atoms with Gasteiger partial charge in [0.1, 0.15) is 5.82 Å². The monoisotopic (exact) mass is 274 g/mol. The average Bonchev–Trinajstić information content (AvgIpc) is 2.75. The van der Waals surface area contributed by atoms with Gasteiger partial charge in [-0.25, -0.2) is 4.98 Å². The second-order valence-electron chi connectivity index (χ2n) is 3.80. The highest BCUT2D eigenvalue weighted by Gasteiger charge is 2.07. The molecule has 3 aromatic rings. The Labute approximate surface area is 112 Å². The number of fused-ring (bicyclic) bond motifs is 1. The number of aromatic nitrogens is 3. The van der Waals surface area contributed by atoms with Gasteiger partial charge in [-0.05, 0) is 42.7 Å². The summed E-state index contributed by atoms with van der Waals surface area (Å²) in [5.41, 5.74) is 7.39. The van der Waals surface area contributed by atoms with Crippen molar-refractivity contribution < 1.29 is 0 Å². The summed E-state index contributed by atoms with van der Waals surface area (Å²) in [4.78, 5) is 9.80. The van der Waals surface area contributed by atoms with Crippen molar-refractivity contribution in [3.8, 4) is 0 Å². The van der Waals surface area contributed by atoms with Crippen LogP contribution in [0.25, 0.3) is 10.9 Å². The van der Waals surface area contributed by atoms with Crippen molar-refractivity contribution in [2.75, 3.05) is 5.73 Å². The molecule has 2 heterocycles. The van der Waals surface area contributed by atoms with Gasteiger partial charge in [0, 0.05) is 22.2 Å². The molecular formula is C12H10N4S2. The number of benzene rings is 1. The number of hydrogen-bond donors (Lipinski definition) is 1. The molecule has 6 heteroatoms. The minimum absolute atomic E-state index is 0.726. The predicted molar refractivity (Wildman–Crippen MR) is 74.9 cm³/mol. The van der Waals surface area contributed by atoms with Crippen LogP contribution in [0.5, 0.6) is 0 Å². The fraction of sp³-hybridized carbons (Fsp3) is 0.0833. The number of anilines is 1. The molecule has 0 saturated carbocycles. The average molecular weight is 274 g/mol. The summed E-state index contributed by atoms with van der Waals surface area (Å²) in [5.74, 6) is 0.810. The lowest BCUT2D eigenvalue weighted by molar-refractivity contribution is 1.10.